The second-order valence-corrected chi connectivity index (χ2v) is 9.16. The third-order valence-electron chi connectivity index (χ3n) is 6.60. The molecule has 0 radical (unpaired) electrons. The lowest BCUT2D eigenvalue weighted by Gasteiger charge is -2.19. The van der Waals surface area contributed by atoms with Gasteiger partial charge in [0.05, 0.1) is 7.11 Å². The van der Waals surface area contributed by atoms with Gasteiger partial charge in [0, 0.05) is 18.0 Å². The van der Waals surface area contributed by atoms with E-state index in [0.717, 1.165) is 22.3 Å². The molecule has 0 heterocycles. The average Bonchev–Trinajstić information content (AvgIpc) is 3.28. The molecule has 0 unspecified atom stereocenters. The molecule has 3 aromatic rings. The van der Waals surface area contributed by atoms with Gasteiger partial charge in [-0.2, -0.15) is 0 Å². The lowest BCUT2D eigenvalue weighted by Crippen LogP contribution is -2.43. The lowest BCUT2D eigenvalue weighted by atomic mass is 9.98. The van der Waals surface area contributed by atoms with Crippen molar-refractivity contribution >= 4 is 29.6 Å². The molecule has 1 aliphatic rings. The molecular weight excluding hydrogens is 520 g/mol. The predicted octanol–water partition coefficient (Wildman–Crippen LogP) is 2.05. The molecule has 40 heavy (non-hydrogen) atoms. The molecule has 3 aromatic carbocycles. The van der Waals surface area contributed by atoms with Crippen LogP contribution in [0.4, 0.5) is 10.5 Å². The van der Waals surface area contributed by atoms with Crippen molar-refractivity contribution in [3.63, 3.8) is 0 Å². The van der Waals surface area contributed by atoms with E-state index in [1.54, 1.807) is 12.1 Å². The van der Waals surface area contributed by atoms with E-state index in [1.807, 2.05) is 48.5 Å². The van der Waals surface area contributed by atoms with Crippen molar-refractivity contribution in [3.05, 3.63) is 89.5 Å². The summed E-state index contributed by atoms with van der Waals surface area (Å²) in [4.78, 5) is 47.8. The summed E-state index contributed by atoms with van der Waals surface area (Å²) in [7, 11) is 1.20. The Hall–Kier alpha value is -4.74. The molecule has 3 atom stereocenters. The third-order valence-corrected chi connectivity index (χ3v) is 6.60. The number of alkyl carbamates (subject to hydrolysis) is 1. The second kappa shape index (κ2) is 12.4. The number of benzene rings is 3. The van der Waals surface area contributed by atoms with Gasteiger partial charge in [-0.05, 0) is 39.9 Å². The summed E-state index contributed by atoms with van der Waals surface area (Å²) in [6, 6.07) is 20.8. The first-order valence-electron chi connectivity index (χ1n) is 12.4. The Bertz CT molecular complexity index is 1360. The third kappa shape index (κ3) is 6.28. The first-order valence-corrected chi connectivity index (χ1v) is 12.4. The highest BCUT2D eigenvalue weighted by Crippen LogP contribution is 2.44. The maximum absolute atomic E-state index is 12.7. The zero-order chi connectivity index (χ0) is 28.8. The van der Waals surface area contributed by atoms with Crippen LogP contribution in [0, 0.1) is 0 Å². The summed E-state index contributed by atoms with van der Waals surface area (Å²) in [6.45, 7) is 0.0740. The smallest absolute Gasteiger partial charge is 0.407 e. The zero-order valence-corrected chi connectivity index (χ0v) is 21.4. The first-order chi connectivity index (χ1) is 19.2. The van der Waals surface area contributed by atoms with Crippen molar-refractivity contribution in [2.45, 2.75) is 30.6 Å². The zero-order valence-electron chi connectivity index (χ0n) is 21.4. The molecule has 0 saturated carbocycles. The Kier molecular flexibility index (Phi) is 8.77. The number of esters is 1. The van der Waals surface area contributed by atoms with Crippen LogP contribution >= 0.6 is 0 Å². The van der Waals surface area contributed by atoms with Crippen molar-refractivity contribution in [3.8, 4) is 11.1 Å². The Morgan fingerprint density at radius 1 is 0.850 bits per heavy atom. The van der Waals surface area contributed by atoms with Crippen LogP contribution in [0.15, 0.2) is 72.8 Å². The molecule has 11 heteroatoms. The number of hydrogen-bond acceptors (Lipinski definition) is 8. The van der Waals surface area contributed by atoms with Gasteiger partial charge in [-0.25, -0.2) is 14.4 Å². The van der Waals surface area contributed by atoms with Crippen molar-refractivity contribution in [2.24, 2.45) is 0 Å². The summed E-state index contributed by atoms with van der Waals surface area (Å²) in [5, 5.41) is 32.5. The quantitative estimate of drug-likeness (QED) is 0.238. The van der Waals surface area contributed by atoms with E-state index in [9.17, 15) is 29.4 Å². The number of amides is 2. The molecule has 11 nitrogen and oxygen atoms in total. The fourth-order valence-corrected chi connectivity index (χ4v) is 4.57. The number of hydrogen-bond donors (Lipinski definition) is 5. The SMILES string of the molecule is COC(=O)[C@H](Cc1ccc(NC(=O)[C@H](O)[C@@H](O)C(=O)O)cc1)NC(=O)OCC1c2ccccc2-c2ccccc21. The number of aliphatic hydroxyl groups excluding tert-OH is 2. The van der Waals surface area contributed by atoms with Crippen molar-refractivity contribution < 1.29 is 44.0 Å². The van der Waals surface area contributed by atoms with Crippen LogP contribution in [0.2, 0.25) is 0 Å². The molecule has 208 valence electrons. The minimum absolute atomic E-state index is 0.0471. The van der Waals surface area contributed by atoms with E-state index in [2.05, 4.69) is 10.6 Å². The lowest BCUT2D eigenvalue weighted by molar-refractivity contribution is -0.156. The van der Waals surface area contributed by atoms with Gasteiger partial charge in [0.2, 0.25) is 0 Å². The Morgan fingerprint density at radius 3 is 1.98 bits per heavy atom. The molecule has 5 N–H and O–H groups in total. The monoisotopic (exact) mass is 548 g/mol. The maximum Gasteiger partial charge on any atom is 0.407 e. The van der Waals surface area contributed by atoms with Gasteiger partial charge >= 0.3 is 18.0 Å². The number of carboxylic acids is 1. The molecule has 0 saturated heterocycles. The number of ether oxygens (including phenoxy) is 2. The van der Waals surface area contributed by atoms with E-state index >= 15 is 0 Å². The Balaban J connectivity index is 1.36. The highest BCUT2D eigenvalue weighted by molar-refractivity contribution is 5.97. The van der Waals surface area contributed by atoms with E-state index in [0.29, 0.717) is 5.56 Å². The molecule has 0 aromatic heterocycles. The number of aliphatic hydroxyl groups is 2. The van der Waals surface area contributed by atoms with Gasteiger partial charge in [0.25, 0.3) is 5.91 Å². The number of carboxylic acid groups (broad SMARTS) is 1. The molecule has 1 aliphatic carbocycles. The fourth-order valence-electron chi connectivity index (χ4n) is 4.57. The van der Waals surface area contributed by atoms with Crippen LogP contribution in [0.3, 0.4) is 0 Å². The van der Waals surface area contributed by atoms with Crippen LogP contribution in [-0.2, 0) is 30.3 Å². The van der Waals surface area contributed by atoms with Crippen LogP contribution in [0.1, 0.15) is 22.6 Å². The molecule has 0 aliphatic heterocycles. The van der Waals surface area contributed by atoms with E-state index in [4.69, 9.17) is 14.6 Å². The minimum atomic E-state index is -2.27. The summed E-state index contributed by atoms with van der Waals surface area (Å²) in [6.07, 6.45) is -5.18. The van der Waals surface area contributed by atoms with Gasteiger partial charge in [-0.15, -0.1) is 0 Å². The van der Waals surface area contributed by atoms with Gasteiger partial charge in [0.15, 0.2) is 12.2 Å². The van der Waals surface area contributed by atoms with Gasteiger partial charge in [-0.3, -0.25) is 4.79 Å². The number of carbonyl (C=O) groups is 4. The van der Waals surface area contributed by atoms with Crippen LogP contribution < -0.4 is 10.6 Å². The number of rotatable bonds is 10. The number of fused-ring (bicyclic) bond motifs is 3. The summed E-state index contributed by atoms with van der Waals surface area (Å²) in [5.74, 6) is -3.67. The maximum atomic E-state index is 12.7. The molecule has 0 fully saturated rings. The standard InChI is InChI=1S/C29H28N2O9/c1-39-28(37)23(14-16-10-12-17(13-11-16)30-26(34)24(32)25(33)27(35)36)31-29(38)40-15-22-20-8-4-2-6-18(20)19-7-3-5-9-21(19)22/h2-13,22-25,32-33H,14-15H2,1H3,(H,30,34)(H,31,38)(H,35,36)/t23-,24+,25+/m0/s1. The molecule has 2 amide bonds. The largest absolute Gasteiger partial charge is 0.479 e. The Morgan fingerprint density at radius 2 is 1.43 bits per heavy atom. The molecule has 0 spiro atoms. The highest BCUT2D eigenvalue weighted by Gasteiger charge is 2.31. The van der Waals surface area contributed by atoms with Crippen molar-refractivity contribution in [1.82, 2.24) is 5.32 Å². The highest BCUT2D eigenvalue weighted by atomic mass is 16.6. The van der Waals surface area contributed by atoms with Gasteiger partial charge in [0.1, 0.15) is 12.6 Å². The number of methoxy groups -OCH3 is 1. The summed E-state index contributed by atoms with van der Waals surface area (Å²) >= 11 is 0. The number of carbonyl (C=O) groups excluding carboxylic acids is 3. The van der Waals surface area contributed by atoms with Crippen molar-refractivity contribution in [1.29, 1.82) is 0 Å². The fraction of sp³-hybridized carbons (Fsp3) is 0.241. The van der Waals surface area contributed by atoms with Crippen LogP contribution in [0.25, 0.3) is 11.1 Å². The van der Waals surface area contributed by atoms with Crippen molar-refractivity contribution in [2.75, 3.05) is 19.0 Å². The second-order valence-electron chi connectivity index (χ2n) is 9.16. The Labute approximate surface area is 229 Å². The number of aliphatic carboxylic acids is 1. The predicted molar refractivity (Wildman–Crippen MR) is 142 cm³/mol. The normalized spacial score (nSPS) is 14.2. The molecular formula is C29H28N2O9. The van der Waals surface area contributed by atoms with Crippen LogP contribution in [-0.4, -0.2) is 71.2 Å². The topological polar surface area (TPSA) is 171 Å². The van der Waals surface area contributed by atoms with E-state index in [-0.39, 0.29) is 24.6 Å². The summed E-state index contributed by atoms with van der Waals surface area (Å²) in [5.41, 5.74) is 5.10. The molecule has 0 bridgehead atoms. The average molecular weight is 549 g/mol. The minimum Gasteiger partial charge on any atom is -0.479 e. The summed E-state index contributed by atoms with van der Waals surface area (Å²) < 4.78 is 10.4. The van der Waals surface area contributed by atoms with E-state index < -0.39 is 42.2 Å². The number of anilines is 1. The van der Waals surface area contributed by atoms with E-state index in [1.165, 1.54) is 19.2 Å². The number of nitrogens with one attached hydrogen (secondary N) is 2. The van der Waals surface area contributed by atoms with Gasteiger partial charge < -0.3 is 35.4 Å². The first kappa shape index (κ1) is 28.3. The molecule has 4 rings (SSSR count). The van der Waals surface area contributed by atoms with Gasteiger partial charge in [-0.1, -0.05) is 60.7 Å². The van der Waals surface area contributed by atoms with Crippen LogP contribution in [0.5, 0.6) is 0 Å².